The van der Waals surface area contributed by atoms with E-state index in [1.54, 1.807) is 24.3 Å². The molecule has 10 heteroatoms. The number of nitrogens with one attached hydrogen (secondary N) is 2. The number of sulfone groups is 1. The Labute approximate surface area is 223 Å². The van der Waals surface area contributed by atoms with Gasteiger partial charge >= 0.3 is 0 Å². The zero-order valence-electron chi connectivity index (χ0n) is 21.8. The van der Waals surface area contributed by atoms with Crippen LogP contribution in [-0.2, 0) is 20.4 Å². The zero-order valence-corrected chi connectivity index (χ0v) is 22.6. The Morgan fingerprint density at radius 2 is 1.79 bits per heavy atom. The van der Waals surface area contributed by atoms with Crippen LogP contribution < -0.4 is 10.6 Å². The summed E-state index contributed by atoms with van der Waals surface area (Å²) in [5.74, 6) is -0.724. The minimum Gasteiger partial charge on any atom is -0.434 e. The maximum Gasteiger partial charge on any atom is 0.264 e. The summed E-state index contributed by atoms with van der Waals surface area (Å²) in [5.41, 5.74) is 1.93. The van der Waals surface area contributed by atoms with Crippen molar-refractivity contribution in [3.8, 4) is 0 Å². The SMILES string of the molecule is CN(C1CCNCC1)[C@@H](CS(=O)(=O)Cc1ccccc1)C(=O)NCCCCC(=O)c1nc2ccccc2o1. The van der Waals surface area contributed by atoms with Crippen LogP contribution in [0, 0.1) is 0 Å². The second kappa shape index (κ2) is 13.1. The molecule has 2 N–H and O–H groups in total. The van der Waals surface area contributed by atoms with Gasteiger partial charge in [-0.1, -0.05) is 42.5 Å². The van der Waals surface area contributed by atoms with Crippen molar-refractivity contribution in [2.45, 2.75) is 49.9 Å². The number of piperidine rings is 1. The van der Waals surface area contributed by atoms with Gasteiger partial charge in [-0.05, 0) is 63.5 Å². The van der Waals surface area contributed by atoms with Crippen molar-refractivity contribution in [3.63, 3.8) is 0 Å². The molecular formula is C28H36N4O5S. The molecule has 0 bridgehead atoms. The number of unbranched alkanes of at least 4 members (excludes halogenated alkanes) is 1. The first-order valence-corrected chi connectivity index (χ1v) is 15.0. The van der Waals surface area contributed by atoms with E-state index in [-0.39, 0.29) is 41.5 Å². The number of amides is 1. The highest BCUT2D eigenvalue weighted by atomic mass is 32.2. The molecule has 1 aromatic heterocycles. The second-order valence-electron chi connectivity index (χ2n) is 9.86. The van der Waals surface area contributed by atoms with Crippen molar-refractivity contribution in [1.82, 2.24) is 20.5 Å². The predicted molar refractivity (Wildman–Crippen MR) is 147 cm³/mol. The van der Waals surface area contributed by atoms with Gasteiger partial charge in [0.1, 0.15) is 11.6 Å². The lowest BCUT2D eigenvalue weighted by atomic mass is 10.0. The summed E-state index contributed by atoms with van der Waals surface area (Å²) in [6.07, 6.45) is 3.11. The molecule has 0 saturated carbocycles. The van der Waals surface area contributed by atoms with Crippen LogP contribution in [0.3, 0.4) is 0 Å². The summed E-state index contributed by atoms with van der Waals surface area (Å²) in [4.78, 5) is 31.9. The van der Waals surface area contributed by atoms with Crippen LogP contribution in [0.2, 0.25) is 0 Å². The van der Waals surface area contributed by atoms with Crippen molar-refractivity contribution in [2.75, 3.05) is 32.4 Å². The zero-order chi connectivity index (χ0) is 27.0. The fourth-order valence-corrected chi connectivity index (χ4v) is 6.50. The van der Waals surface area contributed by atoms with Gasteiger partial charge in [0.15, 0.2) is 15.4 Å². The van der Waals surface area contributed by atoms with E-state index in [9.17, 15) is 18.0 Å². The van der Waals surface area contributed by atoms with Crippen molar-refractivity contribution in [3.05, 3.63) is 66.1 Å². The molecule has 38 heavy (non-hydrogen) atoms. The lowest BCUT2D eigenvalue weighted by Gasteiger charge is -2.36. The summed E-state index contributed by atoms with van der Waals surface area (Å²) in [5, 5.41) is 6.22. The normalized spacial score (nSPS) is 15.5. The van der Waals surface area contributed by atoms with E-state index in [2.05, 4.69) is 15.6 Å². The number of oxazole rings is 1. The molecule has 9 nitrogen and oxygen atoms in total. The number of carbonyl (C=O) groups excluding carboxylic acids is 2. The van der Waals surface area contributed by atoms with E-state index in [0.717, 1.165) is 25.9 Å². The Balaban J connectivity index is 1.31. The van der Waals surface area contributed by atoms with Crippen LogP contribution in [0.25, 0.3) is 11.1 Å². The molecule has 1 saturated heterocycles. The molecule has 0 aliphatic carbocycles. The highest BCUT2D eigenvalue weighted by molar-refractivity contribution is 7.90. The molecule has 0 unspecified atom stereocenters. The largest absolute Gasteiger partial charge is 0.434 e. The third kappa shape index (κ3) is 7.72. The molecule has 1 fully saturated rings. The molecule has 204 valence electrons. The number of carbonyl (C=O) groups is 2. The Hall–Kier alpha value is -3.08. The number of hydrogen-bond acceptors (Lipinski definition) is 8. The monoisotopic (exact) mass is 540 g/mol. The number of nitrogens with zero attached hydrogens (tertiary/aromatic N) is 2. The Morgan fingerprint density at radius 3 is 2.53 bits per heavy atom. The molecule has 1 atom stereocenters. The van der Waals surface area contributed by atoms with Crippen molar-refractivity contribution in [2.24, 2.45) is 0 Å². The predicted octanol–water partition coefficient (Wildman–Crippen LogP) is 2.96. The average molecular weight is 541 g/mol. The van der Waals surface area contributed by atoms with E-state index < -0.39 is 15.9 Å². The Kier molecular flexibility index (Phi) is 9.65. The standard InChI is InChI=1S/C28H36N4O5S/c1-32(22-14-17-29-18-15-22)24(20-38(35,36)19-21-9-3-2-4-10-21)27(34)30-16-8-7-12-25(33)28-31-23-11-5-6-13-26(23)37-28/h2-6,9-11,13,22,24,29H,7-8,12,14-20H2,1H3,(H,30,34)/t24-/m0/s1. The van der Waals surface area contributed by atoms with E-state index in [4.69, 9.17) is 4.42 Å². The third-order valence-electron chi connectivity index (χ3n) is 6.98. The quantitative estimate of drug-likeness (QED) is 0.251. The minimum absolute atomic E-state index is 0.0996. The maximum atomic E-state index is 13.3. The molecule has 0 radical (unpaired) electrons. The second-order valence-corrected chi connectivity index (χ2v) is 12.0. The molecule has 4 rings (SSSR count). The van der Waals surface area contributed by atoms with Crippen molar-refractivity contribution >= 4 is 32.6 Å². The van der Waals surface area contributed by atoms with E-state index in [1.807, 2.05) is 42.3 Å². The molecular weight excluding hydrogens is 504 g/mol. The van der Waals surface area contributed by atoms with Crippen LogP contribution in [-0.4, -0.2) is 74.5 Å². The van der Waals surface area contributed by atoms with Gasteiger partial charge in [-0.15, -0.1) is 0 Å². The van der Waals surface area contributed by atoms with Crippen molar-refractivity contribution in [1.29, 1.82) is 0 Å². The van der Waals surface area contributed by atoms with Crippen LogP contribution >= 0.6 is 0 Å². The first kappa shape index (κ1) is 27.9. The summed E-state index contributed by atoms with van der Waals surface area (Å²) in [6.45, 7) is 2.04. The fraction of sp³-hybridized carbons (Fsp3) is 0.464. The number of para-hydroxylation sites is 2. The molecule has 2 heterocycles. The molecule has 3 aromatic rings. The molecule has 1 amide bonds. The van der Waals surface area contributed by atoms with Crippen molar-refractivity contribution < 1.29 is 22.4 Å². The Bertz CT molecular complexity index is 1290. The summed E-state index contributed by atoms with van der Waals surface area (Å²) >= 11 is 0. The molecule has 2 aromatic carbocycles. The molecule has 0 spiro atoms. The van der Waals surface area contributed by atoms with Gasteiger partial charge in [-0.25, -0.2) is 13.4 Å². The highest BCUT2D eigenvalue weighted by Crippen LogP contribution is 2.18. The number of fused-ring (bicyclic) bond motifs is 1. The average Bonchev–Trinajstić information content (AvgIpc) is 3.36. The summed E-state index contributed by atoms with van der Waals surface area (Å²) < 4.78 is 31.7. The van der Waals surface area contributed by atoms with Gasteiger partial charge < -0.3 is 15.1 Å². The number of rotatable bonds is 13. The molecule has 1 aliphatic rings. The summed E-state index contributed by atoms with van der Waals surface area (Å²) in [7, 11) is -1.69. The third-order valence-corrected chi connectivity index (χ3v) is 8.58. The number of likely N-dealkylation sites (N-methyl/N-ethyl adjacent to an activating group) is 1. The van der Waals surface area contributed by atoms with Gasteiger partial charge in [0.25, 0.3) is 5.89 Å². The number of aromatic nitrogens is 1. The summed E-state index contributed by atoms with van der Waals surface area (Å²) in [6, 6.07) is 15.6. The van der Waals surface area contributed by atoms with E-state index >= 15 is 0 Å². The number of Topliss-reactive ketones (excluding diaryl/α,β-unsaturated/α-hetero) is 1. The topological polar surface area (TPSA) is 122 Å². The van der Waals surface area contributed by atoms with Crippen LogP contribution in [0.15, 0.2) is 59.0 Å². The van der Waals surface area contributed by atoms with Gasteiger partial charge in [-0.2, -0.15) is 0 Å². The van der Waals surface area contributed by atoms with Crippen LogP contribution in [0.4, 0.5) is 0 Å². The van der Waals surface area contributed by atoms with Gasteiger partial charge in [0, 0.05) is 19.0 Å². The van der Waals surface area contributed by atoms with E-state index in [1.165, 1.54) is 0 Å². The van der Waals surface area contributed by atoms with Crippen LogP contribution in [0.1, 0.15) is 48.4 Å². The Morgan fingerprint density at radius 1 is 1.08 bits per heavy atom. The van der Waals surface area contributed by atoms with Crippen LogP contribution in [0.5, 0.6) is 0 Å². The van der Waals surface area contributed by atoms with Gasteiger partial charge in [-0.3, -0.25) is 14.5 Å². The van der Waals surface area contributed by atoms with E-state index in [0.29, 0.717) is 36.0 Å². The smallest absolute Gasteiger partial charge is 0.264 e. The van der Waals surface area contributed by atoms with Gasteiger partial charge in [0.2, 0.25) is 11.7 Å². The number of hydrogen-bond donors (Lipinski definition) is 2. The van der Waals surface area contributed by atoms with Gasteiger partial charge in [0.05, 0.1) is 11.5 Å². The lowest BCUT2D eigenvalue weighted by molar-refractivity contribution is -0.126. The number of benzene rings is 2. The highest BCUT2D eigenvalue weighted by Gasteiger charge is 2.33. The maximum absolute atomic E-state index is 13.3. The first-order chi connectivity index (χ1) is 18.3. The molecule has 1 aliphatic heterocycles. The number of ketones is 1. The fourth-order valence-electron chi connectivity index (χ4n) is 4.81. The lowest BCUT2D eigenvalue weighted by Crippen LogP contribution is -2.54. The first-order valence-electron chi connectivity index (χ1n) is 13.2. The minimum atomic E-state index is -3.53.